The van der Waals surface area contributed by atoms with Crippen LogP contribution in [0.2, 0.25) is 5.02 Å². The van der Waals surface area contributed by atoms with Gasteiger partial charge in [0, 0.05) is 12.1 Å². The molecule has 1 N–H and O–H groups in total. The summed E-state index contributed by atoms with van der Waals surface area (Å²) in [7, 11) is 3.19. The van der Waals surface area contributed by atoms with E-state index in [4.69, 9.17) is 16.3 Å². The number of para-hydroxylation sites is 2. The lowest BCUT2D eigenvalue weighted by atomic mass is 10.3. The number of amides is 1. The van der Waals surface area contributed by atoms with Crippen molar-refractivity contribution in [3.05, 3.63) is 68.2 Å². The Balaban J connectivity index is 1.75. The first kappa shape index (κ1) is 18.8. The molecule has 0 atom stereocenters. The predicted molar refractivity (Wildman–Crippen MR) is 109 cm³/mol. The topological polar surface area (TPSA) is 99.6 Å². The fraction of sp³-hybridized carbons (Fsp3) is 0.158. The number of methoxy groups -OCH3 is 1. The number of benzene rings is 2. The van der Waals surface area contributed by atoms with Crippen molar-refractivity contribution in [2.24, 2.45) is 7.05 Å². The van der Waals surface area contributed by atoms with Crippen LogP contribution in [0.3, 0.4) is 0 Å². The number of hydrogen-bond acceptors (Lipinski definition) is 5. The molecular weight excluding hydrogens is 398 g/mol. The van der Waals surface area contributed by atoms with Gasteiger partial charge >= 0.3 is 11.1 Å². The lowest BCUT2D eigenvalue weighted by Gasteiger charge is -2.11. The van der Waals surface area contributed by atoms with Gasteiger partial charge in [0.25, 0.3) is 0 Å². The van der Waals surface area contributed by atoms with Crippen molar-refractivity contribution in [1.29, 1.82) is 0 Å². The molecule has 0 aliphatic heterocycles. The molecule has 0 fully saturated rings. The number of carbonyl (C=O) groups is 1. The summed E-state index contributed by atoms with van der Waals surface area (Å²) in [5.74, 6) is 0.110. The van der Waals surface area contributed by atoms with Gasteiger partial charge in [0.15, 0.2) is 0 Å². The van der Waals surface area contributed by atoms with Gasteiger partial charge in [-0.25, -0.2) is 9.08 Å². The Morgan fingerprint density at radius 3 is 2.59 bits per heavy atom. The van der Waals surface area contributed by atoms with Crippen LogP contribution in [-0.2, 0) is 18.4 Å². The molecule has 0 saturated carbocycles. The van der Waals surface area contributed by atoms with E-state index in [1.165, 1.54) is 17.6 Å². The maximum atomic E-state index is 12.7. The van der Waals surface area contributed by atoms with E-state index in [0.29, 0.717) is 22.0 Å². The highest BCUT2D eigenvalue weighted by molar-refractivity contribution is 6.31. The molecule has 0 aliphatic carbocycles. The molecule has 0 unspecified atom stereocenters. The Kier molecular flexibility index (Phi) is 4.59. The first-order valence-electron chi connectivity index (χ1n) is 8.61. The van der Waals surface area contributed by atoms with Crippen molar-refractivity contribution >= 4 is 40.0 Å². The minimum absolute atomic E-state index is 0.254. The van der Waals surface area contributed by atoms with Crippen molar-refractivity contribution < 1.29 is 9.53 Å². The maximum absolute atomic E-state index is 12.7. The van der Waals surface area contributed by atoms with Gasteiger partial charge in [-0.1, -0.05) is 23.7 Å². The summed E-state index contributed by atoms with van der Waals surface area (Å²) in [4.78, 5) is 37.7. The number of aromatic nitrogens is 4. The second kappa shape index (κ2) is 7.10. The monoisotopic (exact) mass is 413 g/mol. The number of rotatable bonds is 4. The van der Waals surface area contributed by atoms with Gasteiger partial charge in [-0.15, -0.1) is 5.10 Å². The zero-order valence-electron chi connectivity index (χ0n) is 15.5. The van der Waals surface area contributed by atoms with Crippen molar-refractivity contribution in [3.8, 4) is 5.75 Å². The van der Waals surface area contributed by atoms with E-state index in [1.54, 1.807) is 35.9 Å². The van der Waals surface area contributed by atoms with Crippen LogP contribution in [-0.4, -0.2) is 31.8 Å². The third kappa shape index (κ3) is 3.15. The third-order valence-electron chi connectivity index (χ3n) is 4.54. The van der Waals surface area contributed by atoms with Crippen LogP contribution in [0.4, 0.5) is 5.69 Å². The zero-order chi connectivity index (χ0) is 20.7. The van der Waals surface area contributed by atoms with Crippen molar-refractivity contribution in [3.63, 3.8) is 0 Å². The molecular formula is C19H16ClN5O4. The first-order valence-corrected chi connectivity index (χ1v) is 8.99. The fourth-order valence-corrected chi connectivity index (χ4v) is 3.36. The average Bonchev–Trinajstić information content (AvgIpc) is 2.98. The Bertz CT molecular complexity index is 1390. The van der Waals surface area contributed by atoms with E-state index in [0.717, 1.165) is 10.2 Å². The first-order chi connectivity index (χ1) is 13.9. The number of nitrogens with one attached hydrogen (secondary N) is 1. The molecule has 4 aromatic rings. The molecule has 29 heavy (non-hydrogen) atoms. The summed E-state index contributed by atoms with van der Waals surface area (Å²) in [5.41, 5.74) is -0.0188. The Morgan fingerprint density at radius 1 is 1.14 bits per heavy atom. The van der Waals surface area contributed by atoms with Gasteiger partial charge < -0.3 is 14.6 Å². The SMILES string of the molecule is COc1ccc(Cl)cc1NC(=O)Cn1nc2n(C)c3ccccc3n2c(=O)c1=O. The molecule has 2 aromatic heterocycles. The summed E-state index contributed by atoms with van der Waals surface area (Å²) in [5, 5.41) is 7.26. The molecule has 2 heterocycles. The summed E-state index contributed by atoms with van der Waals surface area (Å²) >= 11 is 5.96. The van der Waals surface area contributed by atoms with Crippen molar-refractivity contribution in [2.75, 3.05) is 12.4 Å². The smallest absolute Gasteiger partial charge is 0.333 e. The standard InChI is InChI=1S/C19H16ClN5O4/c1-23-13-5-3-4-6-14(13)25-18(28)17(27)24(22-19(23)25)10-16(26)21-12-9-11(20)7-8-15(12)29-2/h3-9H,10H2,1-2H3,(H,21,26). The number of imidazole rings is 1. The second-order valence-electron chi connectivity index (χ2n) is 6.34. The number of carbonyl (C=O) groups excluding carboxylic acids is 1. The minimum Gasteiger partial charge on any atom is -0.495 e. The van der Waals surface area contributed by atoms with Gasteiger partial charge in [-0.3, -0.25) is 14.4 Å². The number of anilines is 1. The van der Waals surface area contributed by atoms with E-state index in [9.17, 15) is 14.4 Å². The van der Waals surface area contributed by atoms with Crippen LogP contribution >= 0.6 is 11.6 Å². The predicted octanol–water partition coefficient (Wildman–Crippen LogP) is 1.65. The molecule has 2 aromatic carbocycles. The Labute approximate surface area is 168 Å². The van der Waals surface area contributed by atoms with E-state index in [2.05, 4.69) is 10.4 Å². The fourth-order valence-electron chi connectivity index (χ4n) is 3.18. The largest absolute Gasteiger partial charge is 0.495 e. The number of ether oxygens (including phenoxy) is 1. The number of nitrogens with zero attached hydrogens (tertiary/aromatic N) is 4. The van der Waals surface area contributed by atoms with Crippen LogP contribution in [0.1, 0.15) is 0 Å². The normalized spacial score (nSPS) is 11.1. The third-order valence-corrected chi connectivity index (χ3v) is 4.78. The maximum Gasteiger partial charge on any atom is 0.333 e. The molecule has 1 amide bonds. The van der Waals surface area contributed by atoms with Gasteiger partial charge in [0.05, 0.1) is 23.8 Å². The number of aryl methyl sites for hydroxylation is 1. The molecule has 10 heteroatoms. The van der Waals surface area contributed by atoms with Gasteiger partial charge in [0.1, 0.15) is 12.3 Å². The van der Waals surface area contributed by atoms with Crippen LogP contribution in [0, 0.1) is 0 Å². The van der Waals surface area contributed by atoms with E-state index < -0.39 is 23.6 Å². The molecule has 0 saturated heterocycles. The molecule has 4 rings (SSSR count). The van der Waals surface area contributed by atoms with Crippen molar-refractivity contribution in [2.45, 2.75) is 6.54 Å². The van der Waals surface area contributed by atoms with E-state index in [1.807, 2.05) is 12.1 Å². The highest BCUT2D eigenvalue weighted by Gasteiger charge is 2.17. The highest BCUT2D eigenvalue weighted by atomic mass is 35.5. The minimum atomic E-state index is -0.896. The van der Waals surface area contributed by atoms with E-state index >= 15 is 0 Å². The Hall–Kier alpha value is -3.59. The molecule has 0 spiro atoms. The van der Waals surface area contributed by atoms with Crippen LogP contribution in [0.25, 0.3) is 16.8 Å². The van der Waals surface area contributed by atoms with Gasteiger partial charge in [-0.05, 0) is 30.3 Å². The molecule has 0 aliphatic rings. The molecule has 0 radical (unpaired) electrons. The number of halogens is 1. The second-order valence-corrected chi connectivity index (χ2v) is 6.78. The van der Waals surface area contributed by atoms with Gasteiger partial charge in [0.2, 0.25) is 11.7 Å². The summed E-state index contributed by atoms with van der Waals surface area (Å²) in [6, 6.07) is 11.9. The highest BCUT2D eigenvalue weighted by Crippen LogP contribution is 2.27. The lowest BCUT2D eigenvalue weighted by molar-refractivity contribution is -0.117. The van der Waals surface area contributed by atoms with Crippen LogP contribution in [0.15, 0.2) is 52.1 Å². The summed E-state index contributed by atoms with van der Waals surface area (Å²) in [6.07, 6.45) is 0. The quantitative estimate of drug-likeness (QED) is 0.513. The molecule has 0 bridgehead atoms. The summed E-state index contributed by atoms with van der Waals surface area (Å²) < 4.78 is 8.96. The van der Waals surface area contributed by atoms with E-state index in [-0.39, 0.29) is 5.78 Å². The van der Waals surface area contributed by atoms with Crippen LogP contribution < -0.4 is 21.2 Å². The summed E-state index contributed by atoms with van der Waals surface area (Å²) in [6.45, 7) is -0.443. The van der Waals surface area contributed by atoms with Gasteiger partial charge in [-0.2, -0.15) is 0 Å². The van der Waals surface area contributed by atoms with Crippen molar-refractivity contribution in [1.82, 2.24) is 18.7 Å². The zero-order valence-corrected chi connectivity index (χ0v) is 16.3. The lowest BCUT2D eigenvalue weighted by Crippen LogP contribution is -2.42. The molecule has 148 valence electrons. The van der Waals surface area contributed by atoms with Crippen LogP contribution in [0.5, 0.6) is 5.75 Å². The number of fused-ring (bicyclic) bond motifs is 3. The Morgan fingerprint density at radius 2 is 1.86 bits per heavy atom. The molecule has 9 nitrogen and oxygen atoms in total. The number of hydrogen-bond donors (Lipinski definition) is 1. The average molecular weight is 414 g/mol.